The van der Waals surface area contributed by atoms with Crippen LogP contribution in [0.3, 0.4) is 0 Å². The molecule has 1 saturated carbocycles. The number of nitrogens with one attached hydrogen (secondary N) is 2. The van der Waals surface area contributed by atoms with E-state index in [-0.39, 0.29) is 30.3 Å². The molecule has 1 aromatic rings. The van der Waals surface area contributed by atoms with E-state index in [0.29, 0.717) is 43.8 Å². The second kappa shape index (κ2) is 9.04. The molecule has 6 nitrogen and oxygen atoms in total. The Bertz CT molecular complexity index is 647. The largest absolute Gasteiger partial charge is 0.378 e. The van der Waals surface area contributed by atoms with Crippen LogP contribution in [0, 0.1) is 5.92 Å². The zero-order valence-electron chi connectivity index (χ0n) is 15.5. The zero-order valence-corrected chi connectivity index (χ0v) is 16.3. The van der Waals surface area contributed by atoms with Crippen molar-refractivity contribution < 1.29 is 14.3 Å². The van der Waals surface area contributed by atoms with Crippen molar-refractivity contribution >= 4 is 29.9 Å². The summed E-state index contributed by atoms with van der Waals surface area (Å²) in [6.45, 7) is 2.45. The van der Waals surface area contributed by atoms with Crippen molar-refractivity contribution in [1.82, 2.24) is 10.2 Å². The number of carbonyl (C=O) groups is 2. The fourth-order valence-corrected chi connectivity index (χ4v) is 4.40. The SMILES string of the molecule is Cl.O=C(Nc1ccc(C(=O)N2CCOCC2)cc1)C1CC2CCCCC2N1. The van der Waals surface area contributed by atoms with Crippen LogP contribution < -0.4 is 10.6 Å². The van der Waals surface area contributed by atoms with Gasteiger partial charge < -0.3 is 20.3 Å². The molecule has 2 saturated heterocycles. The minimum absolute atomic E-state index is 0. The monoisotopic (exact) mass is 393 g/mol. The summed E-state index contributed by atoms with van der Waals surface area (Å²) in [6.07, 6.45) is 5.91. The number of hydrogen-bond donors (Lipinski definition) is 2. The van der Waals surface area contributed by atoms with Crippen LogP contribution >= 0.6 is 12.4 Å². The van der Waals surface area contributed by atoms with E-state index in [1.54, 1.807) is 17.0 Å². The summed E-state index contributed by atoms with van der Waals surface area (Å²) >= 11 is 0. The summed E-state index contributed by atoms with van der Waals surface area (Å²) in [5.74, 6) is 0.701. The molecule has 2 heterocycles. The van der Waals surface area contributed by atoms with Gasteiger partial charge in [0.2, 0.25) is 5.91 Å². The van der Waals surface area contributed by atoms with Crippen LogP contribution in [0.5, 0.6) is 0 Å². The summed E-state index contributed by atoms with van der Waals surface area (Å²) in [4.78, 5) is 26.8. The Kier molecular flexibility index (Phi) is 6.73. The lowest BCUT2D eigenvalue weighted by atomic mass is 9.85. The third kappa shape index (κ3) is 4.62. The molecule has 0 bridgehead atoms. The van der Waals surface area contributed by atoms with E-state index in [9.17, 15) is 9.59 Å². The van der Waals surface area contributed by atoms with Gasteiger partial charge in [-0.1, -0.05) is 12.8 Å². The maximum absolute atomic E-state index is 12.6. The molecule has 0 spiro atoms. The van der Waals surface area contributed by atoms with Crippen LogP contribution in [0.1, 0.15) is 42.5 Å². The molecule has 0 radical (unpaired) electrons. The Balaban J connectivity index is 0.00000210. The van der Waals surface area contributed by atoms with Gasteiger partial charge in [-0.05, 0) is 49.4 Å². The minimum atomic E-state index is -0.0993. The van der Waals surface area contributed by atoms with Gasteiger partial charge in [-0.25, -0.2) is 0 Å². The van der Waals surface area contributed by atoms with Crippen LogP contribution in [0.4, 0.5) is 5.69 Å². The molecule has 2 N–H and O–H groups in total. The maximum Gasteiger partial charge on any atom is 0.254 e. The highest BCUT2D eigenvalue weighted by Gasteiger charge is 2.38. The van der Waals surface area contributed by atoms with Crippen LogP contribution in [-0.2, 0) is 9.53 Å². The third-order valence-electron chi connectivity index (χ3n) is 5.88. The van der Waals surface area contributed by atoms with E-state index in [2.05, 4.69) is 10.6 Å². The second-order valence-electron chi connectivity index (χ2n) is 7.58. The maximum atomic E-state index is 12.6. The number of fused-ring (bicyclic) bond motifs is 1. The van der Waals surface area contributed by atoms with Crippen molar-refractivity contribution in [2.75, 3.05) is 31.6 Å². The predicted octanol–water partition coefficient (Wildman–Crippen LogP) is 2.44. The third-order valence-corrected chi connectivity index (χ3v) is 5.88. The van der Waals surface area contributed by atoms with Gasteiger partial charge in [-0.15, -0.1) is 12.4 Å². The first kappa shape index (κ1) is 20.1. The zero-order chi connectivity index (χ0) is 17.9. The normalized spacial score (nSPS) is 27.4. The summed E-state index contributed by atoms with van der Waals surface area (Å²) < 4.78 is 5.29. The van der Waals surface area contributed by atoms with Crippen LogP contribution in [-0.4, -0.2) is 55.1 Å². The molecular formula is C20H28ClN3O3. The molecule has 2 amide bonds. The molecule has 3 unspecified atom stereocenters. The molecule has 3 fully saturated rings. The standard InChI is InChI=1S/C20H27N3O3.ClH/c24-19(18-13-15-3-1-2-4-17(15)22-18)21-16-7-5-14(6-8-16)20(25)23-9-11-26-12-10-23;/h5-8,15,17-18,22H,1-4,9-13H2,(H,21,24);1H. The number of hydrogen-bond acceptors (Lipinski definition) is 4. The molecule has 27 heavy (non-hydrogen) atoms. The van der Waals surface area contributed by atoms with Gasteiger partial charge >= 0.3 is 0 Å². The fourth-order valence-electron chi connectivity index (χ4n) is 4.40. The van der Waals surface area contributed by atoms with Gasteiger partial charge in [0.1, 0.15) is 0 Å². The Hall–Kier alpha value is -1.63. The van der Waals surface area contributed by atoms with Crippen LogP contribution in [0.2, 0.25) is 0 Å². The predicted molar refractivity (Wildman–Crippen MR) is 106 cm³/mol. The number of carbonyl (C=O) groups excluding carboxylic acids is 2. The van der Waals surface area contributed by atoms with Gasteiger partial charge in [-0.2, -0.15) is 0 Å². The first-order chi connectivity index (χ1) is 12.7. The average Bonchev–Trinajstić information content (AvgIpc) is 3.13. The Morgan fingerprint density at radius 2 is 1.78 bits per heavy atom. The lowest BCUT2D eigenvalue weighted by Crippen LogP contribution is -2.40. The number of nitrogens with zero attached hydrogens (tertiary/aromatic N) is 1. The Labute approximate surface area is 166 Å². The van der Waals surface area contributed by atoms with Gasteiger partial charge in [0, 0.05) is 30.4 Å². The molecule has 2 aliphatic heterocycles. The van der Waals surface area contributed by atoms with Gasteiger partial charge in [0.15, 0.2) is 0 Å². The number of ether oxygens (including phenoxy) is 1. The van der Waals surface area contributed by atoms with E-state index >= 15 is 0 Å². The smallest absolute Gasteiger partial charge is 0.254 e. The quantitative estimate of drug-likeness (QED) is 0.827. The number of halogens is 1. The van der Waals surface area contributed by atoms with Crippen LogP contribution in [0.15, 0.2) is 24.3 Å². The van der Waals surface area contributed by atoms with Crippen molar-refractivity contribution in [2.45, 2.75) is 44.2 Å². The van der Waals surface area contributed by atoms with E-state index < -0.39 is 0 Å². The van der Waals surface area contributed by atoms with Crippen molar-refractivity contribution in [3.05, 3.63) is 29.8 Å². The van der Waals surface area contributed by atoms with Crippen molar-refractivity contribution in [3.8, 4) is 0 Å². The summed E-state index contributed by atoms with van der Waals surface area (Å²) in [5.41, 5.74) is 1.39. The van der Waals surface area contributed by atoms with Crippen molar-refractivity contribution in [2.24, 2.45) is 5.92 Å². The van der Waals surface area contributed by atoms with Gasteiger partial charge in [0.05, 0.1) is 19.3 Å². The average molecular weight is 394 g/mol. The lowest BCUT2D eigenvalue weighted by Gasteiger charge is -2.26. The molecule has 7 heteroatoms. The first-order valence-corrected chi connectivity index (χ1v) is 9.75. The van der Waals surface area contributed by atoms with E-state index in [1.807, 2.05) is 12.1 Å². The fraction of sp³-hybridized carbons (Fsp3) is 0.600. The lowest BCUT2D eigenvalue weighted by molar-refractivity contribution is -0.117. The minimum Gasteiger partial charge on any atom is -0.378 e. The molecule has 3 atom stereocenters. The number of anilines is 1. The highest BCUT2D eigenvalue weighted by atomic mass is 35.5. The highest BCUT2D eigenvalue weighted by Crippen LogP contribution is 2.33. The van der Waals surface area contributed by atoms with E-state index in [0.717, 1.165) is 12.1 Å². The number of morpholine rings is 1. The Morgan fingerprint density at radius 1 is 1.07 bits per heavy atom. The van der Waals surface area contributed by atoms with E-state index in [4.69, 9.17) is 4.74 Å². The number of amides is 2. The first-order valence-electron chi connectivity index (χ1n) is 9.75. The summed E-state index contributed by atoms with van der Waals surface area (Å²) in [6, 6.07) is 7.61. The van der Waals surface area contributed by atoms with E-state index in [1.165, 1.54) is 25.7 Å². The summed E-state index contributed by atoms with van der Waals surface area (Å²) in [7, 11) is 0. The van der Waals surface area contributed by atoms with Crippen molar-refractivity contribution in [3.63, 3.8) is 0 Å². The topological polar surface area (TPSA) is 70.7 Å². The molecule has 0 aromatic heterocycles. The molecule has 1 aliphatic carbocycles. The second-order valence-corrected chi connectivity index (χ2v) is 7.58. The molecule has 3 aliphatic rings. The molecule has 1 aromatic carbocycles. The molecule has 148 valence electrons. The number of rotatable bonds is 3. The highest BCUT2D eigenvalue weighted by molar-refractivity contribution is 5.97. The number of benzene rings is 1. The summed E-state index contributed by atoms with van der Waals surface area (Å²) in [5, 5.41) is 6.49. The molecule has 4 rings (SSSR count). The van der Waals surface area contributed by atoms with Crippen LogP contribution in [0.25, 0.3) is 0 Å². The van der Waals surface area contributed by atoms with Gasteiger partial charge in [-0.3, -0.25) is 9.59 Å². The Morgan fingerprint density at radius 3 is 2.48 bits per heavy atom. The van der Waals surface area contributed by atoms with Crippen molar-refractivity contribution in [1.29, 1.82) is 0 Å². The molecular weight excluding hydrogens is 366 g/mol. The van der Waals surface area contributed by atoms with Gasteiger partial charge in [0.25, 0.3) is 5.91 Å².